The Morgan fingerprint density at radius 2 is 1.86 bits per heavy atom. The molecule has 4 heteroatoms. The Labute approximate surface area is 133 Å². The van der Waals surface area contributed by atoms with E-state index in [1.807, 2.05) is 40.1 Å². The third-order valence-electron chi connectivity index (χ3n) is 4.34. The van der Waals surface area contributed by atoms with Gasteiger partial charge in [0.2, 0.25) is 5.91 Å². The first-order chi connectivity index (χ1) is 10.6. The molecule has 4 nitrogen and oxygen atoms in total. The SMILES string of the molecule is CCCCCC1CN(C(=O)c2ccccc2)CCN1C(C)=O. The summed E-state index contributed by atoms with van der Waals surface area (Å²) in [6.07, 6.45) is 4.43. The van der Waals surface area contributed by atoms with Gasteiger partial charge in [-0.25, -0.2) is 0 Å². The van der Waals surface area contributed by atoms with Crippen LogP contribution >= 0.6 is 0 Å². The van der Waals surface area contributed by atoms with Crippen molar-refractivity contribution in [3.8, 4) is 0 Å². The van der Waals surface area contributed by atoms with Crippen LogP contribution in [0.4, 0.5) is 0 Å². The summed E-state index contributed by atoms with van der Waals surface area (Å²) in [4.78, 5) is 28.2. The summed E-state index contributed by atoms with van der Waals surface area (Å²) in [5.41, 5.74) is 0.728. The molecule has 1 heterocycles. The zero-order valence-corrected chi connectivity index (χ0v) is 13.6. The third kappa shape index (κ3) is 4.09. The minimum absolute atomic E-state index is 0.0734. The van der Waals surface area contributed by atoms with Crippen molar-refractivity contribution >= 4 is 11.8 Å². The van der Waals surface area contributed by atoms with E-state index >= 15 is 0 Å². The lowest BCUT2D eigenvalue weighted by molar-refractivity contribution is -0.133. The second kappa shape index (κ2) is 7.97. The molecule has 0 radical (unpaired) electrons. The molecule has 2 rings (SSSR count). The lowest BCUT2D eigenvalue weighted by Gasteiger charge is -2.41. The first kappa shape index (κ1) is 16.5. The van der Waals surface area contributed by atoms with E-state index in [0.717, 1.165) is 18.4 Å². The maximum Gasteiger partial charge on any atom is 0.253 e. The van der Waals surface area contributed by atoms with Crippen molar-refractivity contribution in [3.63, 3.8) is 0 Å². The molecule has 0 N–H and O–H groups in total. The zero-order valence-electron chi connectivity index (χ0n) is 13.6. The molecule has 1 atom stereocenters. The number of carbonyl (C=O) groups excluding carboxylic acids is 2. The molecule has 0 aliphatic carbocycles. The Hall–Kier alpha value is -1.84. The number of benzene rings is 1. The number of hydrogen-bond donors (Lipinski definition) is 0. The van der Waals surface area contributed by atoms with Gasteiger partial charge in [-0.15, -0.1) is 0 Å². The quantitative estimate of drug-likeness (QED) is 0.785. The summed E-state index contributed by atoms with van der Waals surface area (Å²) in [5, 5.41) is 0. The minimum atomic E-state index is 0.0734. The minimum Gasteiger partial charge on any atom is -0.336 e. The molecule has 0 saturated carbocycles. The molecule has 1 saturated heterocycles. The molecule has 0 spiro atoms. The Kier molecular flexibility index (Phi) is 5.99. The maximum atomic E-state index is 12.6. The van der Waals surface area contributed by atoms with Crippen LogP contribution in [0.5, 0.6) is 0 Å². The highest BCUT2D eigenvalue weighted by Crippen LogP contribution is 2.18. The molecule has 1 aromatic rings. The highest BCUT2D eigenvalue weighted by Gasteiger charge is 2.30. The third-order valence-corrected chi connectivity index (χ3v) is 4.34. The van der Waals surface area contributed by atoms with Gasteiger partial charge < -0.3 is 9.80 Å². The Balaban J connectivity index is 2.03. The van der Waals surface area contributed by atoms with Crippen molar-refractivity contribution < 1.29 is 9.59 Å². The summed E-state index contributed by atoms with van der Waals surface area (Å²) in [7, 11) is 0. The number of piperazine rings is 1. The van der Waals surface area contributed by atoms with Crippen LogP contribution < -0.4 is 0 Å². The molecule has 1 fully saturated rings. The molecule has 0 aromatic heterocycles. The second-order valence-corrected chi connectivity index (χ2v) is 5.98. The molecule has 22 heavy (non-hydrogen) atoms. The van der Waals surface area contributed by atoms with E-state index in [4.69, 9.17) is 0 Å². The highest BCUT2D eigenvalue weighted by atomic mass is 16.2. The van der Waals surface area contributed by atoms with Gasteiger partial charge in [-0.2, -0.15) is 0 Å². The first-order valence-corrected chi connectivity index (χ1v) is 8.25. The van der Waals surface area contributed by atoms with Gasteiger partial charge in [0.05, 0.1) is 0 Å². The molecule has 1 aromatic carbocycles. The monoisotopic (exact) mass is 302 g/mol. The van der Waals surface area contributed by atoms with Crippen LogP contribution in [0.25, 0.3) is 0 Å². The van der Waals surface area contributed by atoms with Crippen LogP contribution in [-0.2, 0) is 4.79 Å². The smallest absolute Gasteiger partial charge is 0.253 e. The molecule has 0 bridgehead atoms. The van der Waals surface area contributed by atoms with Gasteiger partial charge >= 0.3 is 0 Å². The average Bonchev–Trinajstić information content (AvgIpc) is 2.55. The van der Waals surface area contributed by atoms with Crippen molar-refractivity contribution in [2.24, 2.45) is 0 Å². The van der Waals surface area contributed by atoms with E-state index in [2.05, 4.69) is 6.92 Å². The van der Waals surface area contributed by atoms with E-state index in [1.165, 1.54) is 12.8 Å². The predicted molar refractivity (Wildman–Crippen MR) is 87.7 cm³/mol. The lowest BCUT2D eigenvalue weighted by Crippen LogP contribution is -2.56. The van der Waals surface area contributed by atoms with E-state index < -0.39 is 0 Å². The number of nitrogens with zero attached hydrogens (tertiary/aromatic N) is 2. The van der Waals surface area contributed by atoms with Gasteiger partial charge in [0.15, 0.2) is 0 Å². The van der Waals surface area contributed by atoms with E-state index in [9.17, 15) is 9.59 Å². The fourth-order valence-electron chi connectivity index (χ4n) is 3.09. The van der Waals surface area contributed by atoms with Crippen LogP contribution in [0.1, 0.15) is 49.9 Å². The lowest BCUT2D eigenvalue weighted by atomic mass is 10.0. The van der Waals surface area contributed by atoms with Crippen LogP contribution in [-0.4, -0.2) is 47.3 Å². The summed E-state index contributed by atoms with van der Waals surface area (Å²) in [6, 6.07) is 9.55. The molecule has 1 unspecified atom stereocenters. The number of hydrogen-bond acceptors (Lipinski definition) is 2. The number of amides is 2. The largest absolute Gasteiger partial charge is 0.336 e. The van der Waals surface area contributed by atoms with Gasteiger partial charge in [0.25, 0.3) is 5.91 Å². The van der Waals surface area contributed by atoms with Gasteiger partial charge in [0, 0.05) is 38.2 Å². The van der Waals surface area contributed by atoms with Crippen LogP contribution in [0.3, 0.4) is 0 Å². The fourth-order valence-corrected chi connectivity index (χ4v) is 3.09. The summed E-state index contributed by atoms with van der Waals surface area (Å²) < 4.78 is 0. The van der Waals surface area contributed by atoms with Crippen LogP contribution in [0, 0.1) is 0 Å². The zero-order chi connectivity index (χ0) is 15.9. The molecule has 1 aliphatic heterocycles. The van der Waals surface area contributed by atoms with Gasteiger partial charge in [0.1, 0.15) is 0 Å². The summed E-state index contributed by atoms with van der Waals surface area (Å²) in [5.74, 6) is 0.192. The number of carbonyl (C=O) groups is 2. The molecule has 1 aliphatic rings. The number of unbranched alkanes of at least 4 members (excludes halogenated alkanes) is 2. The van der Waals surface area contributed by atoms with Crippen molar-refractivity contribution in [2.45, 2.75) is 45.6 Å². The topological polar surface area (TPSA) is 40.6 Å². The Bertz CT molecular complexity index is 501. The van der Waals surface area contributed by atoms with Gasteiger partial charge in [-0.3, -0.25) is 9.59 Å². The fraction of sp³-hybridized carbons (Fsp3) is 0.556. The van der Waals surface area contributed by atoms with Crippen LogP contribution in [0.15, 0.2) is 30.3 Å². The standard InChI is InChI=1S/C18H26N2O2/c1-3-4-6-11-17-14-19(12-13-20(17)15(2)21)18(22)16-9-7-5-8-10-16/h5,7-10,17H,3-4,6,11-14H2,1-2H3. The summed E-state index contributed by atoms with van der Waals surface area (Å²) in [6.45, 7) is 5.72. The van der Waals surface area contributed by atoms with E-state index in [1.54, 1.807) is 6.92 Å². The normalized spacial score (nSPS) is 18.4. The van der Waals surface area contributed by atoms with E-state index in [0.29, 0.717) is 19.6 Å². The summed E-state index contributed by atoms with van der Waals surface area (Å²) >= 11 is 0. The van der Waals surface area contributed by atoms with Crippen molar-refractivity contribution in [3.05, 3.63) is 35.9 Å². The van der Waals surface area contributed by atoms with Crippen molar-refractivity contribution in [1.82, 2.24) is 9.80 Å². The van der Waals surface area contributed by atoms with Crippen molar-refractivity contribution in [2.75, 3.05) is 19.6 Å². The average molecular weight is 302 g/mol. The molecule has 120 valence electrons. The molecular formula is C18H26N2O2. The van der Waals surface area contributed by atoms with Crippen LogP contribution in [0.2, 0.25) is 0 Å². The number of rotatable bonds is 5. The molecular weight excluding hydrogens is 276 g/mol. The highest BCUT2D eigenvalue weighted by molar-refractivity contribution is 5.94. The van der Waals surface area contributed by atoms with Crippen molar-refractivity contribution in [1.29, 1.82) is 0 Å². The predicted octanol–water partition coefficient (Wildman–Crippen LogP) is 2.94. The molecule has 2 amide bonds. The van der Waals surface area contributed by atoms with Gasteiger partial charge in [-0.1, -0.05) is 44.4 Å². The Morgan fingerprint density at radius 1 is 1.14 bits per heavy atom. The van der Waals surface area contributed by atoms with E-state index in [-0.39, 0.29) is 17.9 Å². The first-order valence-electron chi connectivity index (χ1n) is 8.25. The van der Waals surface area contributed by atoms with Gasteiger partial charge in [-0.05, 0) is 18.6 Å². The maximum absolute atomic E-state index is 12.6. The second-order valence-electron chi connectivity index (χ2n) is 5.98. The Morgan fingerprint density at radius 3 is 2.50 bits per heavy atom.